The van der Waals surface area contributed by atoms with Crippen molar-refractivity contribution in [2.45, 2.75) is 49.1 Å². The van der Waals surface area contributed by atoms with E-state index in [4.69, 9.17) is 4.74 Å². The number of aliphatic hydroxyl groups excluding tert-OH is 1. The Labute approximate surface area is 223 Å². The maximum atomic E-state index is 13.2. The number of aliphatic hydroxyl groups is 1. The number of aryl methyl sites for hydroxylation is 1. The van der Waals surface area contributed by atoms with E-state index in [9.17, 15) is 31.5 Å². The lowest BCUT2D eigenvalue weighted by molar-refractivity contribution is -0.137. The predicted molar refractivity (Wildman–Crippen MR) is 137 cm³/mol. The number of anilines is 1. The van der Waals surface area contributed by atoms with E-state index in [0.29, 0.717) is 36.5 Å². The second-order valence-electron chi connectivity index (χ2n) is 9.83. The number of ether oxygens (including phenoxy) is 1. The Morgan fingerprint density at radius 1 is 1.13 bits per heavy atom. The molecule has 8 nitrogen and oxygen atoms in total. The van der Waals surface area contributed by atoms with Gasteiger partial charge in [0.1, 0.15) is 11.6 Å². The van der Waals surface area contributed by atoms with E-state index in [2.05, 4.69) is 9.71 Å². The number of β-amino-alcohol motifs (C(OH)–C–C–N with tert-alkyl or cyclic N) is 1. The Morgan fingerprint density at radius 2 is 1.85 bits per heavy atom. The first-order valence-electron chi connectivity index (χ1n) is 12.3. The third kappa shape index (κ3) is 5.71. The van der Waals surface area contributed by atoms with Crippen LogP contribution in [0.5, 0.6) is 5.75 Å². The summed E-state index contributed by atoms with van der Waals surface area (Å²) in [5.41, 5.74) is -0.522. The third-order valence-electron chi connectivity index (χ3n) is 6.78. The number of benzene rings is 2. The highest BCUT2D eigenvalue weighted by molar-refractivity contribution is 7.90. The van der Waals surface area contributed by atoms with Crippen LogP contribution < -0.4 is 14.4 Å². The molecule has 1 amide bonds. The minimum Gasteiger partial charge on any atom is -0.477 e. The molecule has 39 heavy (non-hydrogen) atoms. The van der Waals surface area contributed by atoms with Crippen LogP contribution in [0, 0.1) is 6.92 Å². The van der Waals surface area contributed by atoms with Gasteiger partial charge in [0.2, 0.25) is 0 Å². The smallest absolute Gasteiger partial charge is 0.416 e. The van der Waals surface area contributed by atoms with Crippen LogP contribution in [0.4, 0.5) is 19.0 Å². The Balaban J connectivity index is 1.36. The van der Waals surface area contributed by atoms with Crippen LogP contribution in [0.15, 0.2) is 65.7 Å². The molecule has 1 saturated carbocycles. The normalized spacial score (nSPS) is 18.6. The molecule has 1 aromatic heterocycles. The van der Waals surface area contributed by atoms with Crippen LogP contribution in [-0.4, -0.2) is 49.2 Å². The van der Waals surface area contributed by atoms with E-state index in [-0.39, 0.29) is 23.6 Å². The summed E-state index contributed by atoms with van der Waals surface area (Å²) in [5.74, 6) is -0.223. The molecule has 0 bridgehead atoms. The number of nitrogens with zero attached hydrogens (tertiary/aromatic N) is 2. The summed E-state index contributed by atoms with van der Waals surface area (Å²) in [6.45, 7) is 2.65. The molecule has 0 spiro atoms. The SMILES string of the molecule is Cc1ccc(-c2ccc(C(F)(F)F)cc2)c(OC2(C(=O)NS(=O)(=O)c3cccc(N4CCC(O)C4)n3)CC2)c1. The fourth-order valence-corrected chi connectivity index (χ4v) is 5.44. The first kappa shape index (κ1) is 26.9. The summed E-state index contributed by atoms with van der Waals surface area (Å²) in [6.07, 6.45) is -3.94. The zero-order valence-corrected chi connectivity index (χ0v) is 21.7. The molecule has 3 aromatic rings. The van der Waals surface area contributed by atoms with Crippen molar-refractivity contribution in [3.05, 3.63) is 71.8 Å². The summed E-state index contributed by atoms with van der Waals surface area (Å²) in [7, 11) is -4.34. The molecule has 206 valence electrons. The number of halogens is 3. The molecule has 5 rings (SSSR count). The van der Waals surface area contributed by atoms with Gasteiger partial charge in [0.15, 0.2) is 10.6 Å². The van der Waals surface area contributed by atoms with Gasteiger partial charge in [-0.15, -0.1) is 0 Å². The topological polar surface area (TPSA) is 109 Å². The molecular formula is C27H26F3N3O5S. The van der Waals surface area contributed by atoms with Crippen LogP contribution in [0.3, 0.4) is 0 Å². The third-order valence-corrected chi connectivity index (χ3v) is 8.01. The minimum atomic E-state index is -4.48. The minimum absolute atomic E-state index is 0.257. The monoisotopic (exact) mass is 561 g/mol. The molecule has 0 radical (unpaired) electrons. The molecule has 2 N–H and O–H groups in total. The quantitative estimate of drug-likeness (QED) is 0.448. The maximum Gasteiger partial charge on any atom is 0.416 e. The lowest BCUT2D eigenvalue weighted by Crippen LogP contribution is -2.43. The summed E-state index contributed by atoms with van der Waals surface area (Å²) in [6, 6.07) is 14.1. The van der Waals surface area contributed by atoms with Crippen LogP contribution >= 0.6 is 0 Å². The Bertz CT molecular complexity index is 1510. The fraction of sp³-hybridized carbons (Fsp3) is 0.333. The van der Waals surface area contributed by atoms with E-state index < -0.39 is 39.4 Å². The van der Waals surface area contributed by atoms with Crippen molar-refractivity contribution < 1.29 is 36.2 Å². The zero-order valence-electron chi connectivity index (χ0n) is 20.9. The van der Waals surface area contributed by atoms with Gasteiger partial charge in [0.05, 0.1) is 11.7 Å². The number of carbonyl (C=O) groups is 1. The molecule has 1 saturated heterocycles. The van der Waals surface area contributed by atoms with Gasteiger partial charge in [-0.1, -0.05) is 30.3 Å². The molecule has 2 aliphatic rings. The molecule has 1 aliphatic carbocycles. The zero-order chi connectivity index (χ0) is 28.0. The highest BCUT2D eigenvalue weighted by Crippen LogP contribution is 2.44. The Morgan fingerprint density at radius 3 is 2.46 bits per heavy atom. The first-order valence-corrected chi connectivity index (χ1v) is 13.8. The number of amides is 1. The number of rotatable bonds is 7. The lowest BCUT2D eigenvalue weighted by Gasteiger charge is -2.21. The van der Waals surface area contributed by atoms with Crippen molar-refractivity contribution in [3.63, 3.8) is 0 Å². The van der Waals surface area contributed by atoms with Gasteiger partial charge in [-0.3, -0.25) is 4.79 Å². The van der Waals surface area contributed by atoms with Gasteiger partial charge in [0, 0.05) is 31.5 Å². The van der Waals surface area contributed by atoms with Crippen LogP contribution in [0.1, 0.15) is 30.4 Å². The predicted octanol–water partition coefficient (Wildman–Crippen LogP) is 4.06. The van der Waals surface area contributed by atoms with Crippen molar-refractivity contribution in [2.75, 3.05) is 18.0 Å². The van der Waals surface area contributed by atoms with E-state index in [1.165, 1.54) is 24.3 Å². The fourth-order valence-electron chi connectivity index (χ4n) is 4.44. The van der Waals surface area contributed by atoms with Crippen LogP contribution in [0.2, 0.25) is 0 Å². The van der Waals surface area contributed by atoms with E-state index >= 15 is 0 Å². The van der Waals surface area contributed by atoms with Crippen molar-refractivity contribution >= 4 is 21.7 Å². The number of alkyl halides is 3. The average molecular weight is 562 g/mol. The number of pyridine rings is 1. The molecule has 1 atom stereocenters. The van der Waals surface area contributed by atoms with E-state index in [0.717, 1.165) is 17.7 Å². The number of aromatic nitrogens is 1. The largest absolute Gasteiger partial charge is 0.477 e. The van der Waals surface area contributed by atoms with Gasteiger partial charge in [-0.05, 0) is 54.8 Å². The lowest BCUT2D eigenvalue weighted by atomic mass is 10.0. The van der Waals surface area contributed by atoms with E-state index in [1.807, 2.05) is 0 Å². The maximum absolute atomic E-state index is 13.2. The molecule has 2 fully saturated rings. The number of hydrogen-bond donors (Lipinski definition) is 2. The van der Waals surface area contributed by atoms with E-state index in [1.54, 1.807) is 36.1 Å². The summed E-state index contributed by atoms with van der Waals surface area (Å²) >= 11 is 0. The highest BCUT2D eigenvalue weighted by Gasteiger charge is 2.54. The average Bonchev–Trinajstić information content (AvgIpc) is 3.54. The van der Waals surface area contributed by atoms with Crippen molar-refractivity contribution in [2.24, 2.45) is 0 Å². The van der Waals surface area contributed by atoms with Gasteiger partial charge >= 0.3 is 6.18 Å². The second kappa shape index (κ2) is 9.83. The van der Waals surface area contributed by atoms with Crippen molar-refractivity contribution in [3.8, 4) is 16.9 Å². The Kier molecular flexibility index (Phi) is 6.79. The van der Waals surface area contributed by atoms with Gasteiger partial charge in [-0.2, -0.15) is 21.6 Å². The van der Waals surface area contributed by atoms with Gasteiger partial charge in [0.25, 0.3) is 15.9 Å². The molecule has 1 aliphatic heterocycles. The number of sulfonamides is 1. The standard InChI is InChI=1S/C27H26F3N3O5S/c1-17-5-10-21(18-6-8-19(9-7-18)27(28,29)30)22(15-17)38-26(12-13-26)25(35)32-39(36,37)24-4-2-3-23(31-24)33-14-11-20(34)16-33/h2-10,15,20,34H,11-14,16H2,1H3,(H,32,35). The number of carbonyl (C=O) groups excluding carboxylic acids is 1. The summed E-state index contributed by atoms with van der Waals surface area (Å²) < 4.78 is 73.3. The summed E-state index contributed by atoms with van der Waals surface area (Å²) in [4.78, 5) is 19.1. The van der Waals surface area contributed by atoms with Crippen molar-refractivity contribution in [1.29, 1.82) is 0 Å². The number of hydrogen-bond acceptors (Lipinski definition) is 7. The van der Waals surface area contributed by atoms with Crippen LogP contribution in [0.25, 0.3) is 11.1 Å². The molecule has 2 heterocycles. The van der Waals surface area contributed by atoms with Gasteiger partial charge in [-0.25, -0.2) is 9.71 Å². The Hall–Kier alpha value is -3.64. The van der Waals surface area contributed by atoms with Crippen molar-refractivity contribution in [1.82, 2.24) is 9.71 Å². The number of nitrogens with one attached hydrogen (secondary N) is 1. The first-order chi connectivity index (χ1) is 18.4. The summed E-state index contributed by atoms with van der Waals surface area (Å²) in [5, 5.41) is 9.44. The highest BCUT2D eigenvalue weighted by atomic mass is 32.2. The molecule has 1 unspecified atom stereocenters. The second-order valence-corrected chi connectivity index (χ2v) is 11.5. The van der Waals surface area contributed by atoms with Crippen LogP contribution in [-0.2, 0) is 21.0 Å². The van der Waals surface area contributed by atoms with Gasteiger partial charge < -0.3 is 14.7 Å². The molecule has 2 aromatic carbocycles. The molecule has 12 heteroatoms. The molecular weight excluding hydrogens is 535 g/mol.